The summed E-state index contributed by atoms with van der Waals surface area (Å²) in [5, 5.41) is 28.6. The summed E-state index contributed by atoms with van der Waals surface area (Å²) in [6, 6.07) is 7.06. The Morgan fingerprint density at radius 1 is 1.21 bits per heavy atom. The van der Waals surface area contributed by atoms with Crippen LogP contribution in [0.2, 0.25) is 0 Å². The number of fused-ring (bicyclic) bond motifs is 1. The topological polar surface area (TPSA) is 119 Å². The average Bonchev–Trinajstić information content (AvgIpc) is 2.62. The second-order valence-corrected chi connectivity index (χ2v) is 7.97. The van der Waals surface area contributed by atoms with Gasteiger partial charge in [-0.2, -0.15) is 0 Å². The van der Waals surface area contributed by atoms with E-state index in [0.29, 0.717) is 24.4 Å². The van der Waals surface area contributed by atoms with Gasteiger partial charge in [0.05, 0.1) is 6.61 Å². The van der Waals surface area contributed by atoms with Gasteiger partial charge in [-0.15, -0.1) is 0 Å². The van der Waals surface area contributed by atoms with E-state index in [9.17, 15) is 5.11 Å². The maximum Gasteiger partial charge on any atom is 0.414 e. The summed E-state index contributed by atoms with van der Waals surface area (Å²) in [7, 11) is 1.66. The minimum atomic E-state index is -1.82. The Morgan fingerprint density at radius 2 is 1.86 bits per heavy atom. The maximum atomic E-state index is 9.99. The number of hydrogen-bond donors (Lipinski definition) is 4. The number of rotatable bonds is 3. The number of carboxylic acid groups (broad SMARTS) is 2. The Kier molecular flexibility index (Phi) is 7.26. The number of aromatic hydroxyl groups is 1. The Bertz CT molecular complexity index is 694. The lowest BCUT2D eigenvalue weighted by atomic mass is 9.83. The minimum absolute atomic E-state index is 0.109. The number of anilines is 1. The van der Waals surface area contributed by atoms with Crippen molar-refractivity contribution in [2.75, 3.05) is 18.6 Å². The number of nitrogens with zero attached hydrogens (tertiary/aromatic N) is 1. The van der Waals surface area contributed by atoms with Crippen molar-refractivity contribution in [3.05, 3.63) is 23.8 Å². The van der Waals surface area contributed by atoms with Crippen molar-refractivity contribution in [2.24, 2.45) is 0 Å². The quantitative estimate of drug-likeness (QED) is 0.576. The smallest absolute Gasteiger partial charge is 0.414 e. The summed E-state index contributed by atoms with van der Waals surface area (Å²) < 4.78 is 5.21. The van der Waals surface area contributed by atoms with E-state index in [1.807, 2.05) is 6.07 Å². The molecule has 2 atom stereocenters. The van der Waals surface area contributed by atoms with Gasteiger partial charge in [0.2, 0.25) is 0 Å². The summed E-state index contributed by atoms with van der Waals surface area (Å²) >= 11 is 0. The third-order valence-electron chi connectivity index (χ3n) is 5.15. The van der Waals surface area contributed by atoms with Crippen LogP contribution in [0.4, 0.5) is 5.69 Å². The Morgan fingerprint density at radius 3 is 2.46 bits per heavy atom. The van der Waals surface area contributed by atoms with Gasteiger partial charge in [-0.3, -0.25) is 0 Å². The van der Waals surface area contributed by atoms with Crippen molar-refractivity contribution in [1.29, 1.82) is 0 Å². The molecule has 1 aromatic carbocycles. The largest absolute Gasteiger partial charge is 0.508 e. The molecule has 2 fully saturated rings. The van der Waals surface area contributed by atoms with Crippen LogP contribution in [0.5, 0.6) is 5.75 Å². The number of methoxy groups -OCH3 is 1. The molecule has 156 valence electrons. The molecule has 2 aliphatic rings. The molecule has 28 heavy (non-hydrogen) atoms. The summed E-state index contributed by atoms with van der Waals surface area (Å²) in [5.41, 5.74) is 2.18. The van der Waals surface area contributed by atoms with Crippen molar-refractivity contribution in [2.45, 2.75) is 63.8 Å². The molecule has 8 heteroatoms. The second-order valence-electron chi connectivity index (χ2n) is 7.97. The highest BCUT2D eigenvalue weighted by Gasteiger charge is 2.40. The van der Waals surface area contributed by atoms with Gasteiger partial charge in [0, 0.05) is 42.5 Å². The predicted octanol–water partition coefficient (Wildman–Crippen LogP) is 2.19. The van der Waals surface area contributed by atoms with Crippen LogP contribution < -0.4 is 10.2 Å². The van der Waals surface area contributed by atoms with Gasteiger partial charge in [-0.05, 0) is 44.9 Å². The van der Waals surface area contributed by atoms with Crippen LogP contribution in [-0.4, -0.2) is 58.5 Å². The Balaban J connectivity index is 0.000000409. The monoisotopic (exact) mass is 394 g/mol. The molecule has 1 heterocycles. The Labute approximate surface area is 165 Å². The number of carbonyl (C=O) groups is 2. The van der Waals surface area contributed by atoms with Crippen molar-refractivity contribution in [3.63, 3.8) is 0 Å². The van der Waals surface area contributed by atoms with E-state index in [1.165, 1.54) is 31.4 Å². The van der Waals surface area contributed by atoms with Crippen LogP contribution >= 0.6 is 0 Å². The molecule has 0 radical (unpaired) electrons. The highest BCUT2D eigenvalue weighted by Crippen LogP contribution is 2.35. The number of ether oxygens (including phenoxy) is 1. The first-order chi connectivity index (χ1) is 13.1. The molecule has 0 spiro atoms. The molecule has 1 aliphatic carbocycles. The van der Waals surface area contributed by atoms with E-state index in [4.69, 9.17) is 24.5 Å². The molecule has 4 N–H and O–H groups in total. The zero-order chi connectivity index (χ0) is 20.9. The highest BCUT2D eigenvalue weighted by atomic mass is 16.5. The molecule has 0 amide bonds. The zero-order valence-corrected chi connectivity index (χ0v) is 16.6. The van der Waals surface area contributed by atoms with E-state index < -0.39 is 11.9 Å². The summed E-state index contributed by atoms with van der Waals surface area (Å²) in [4.78, 5) is 20.7. The van der Waals surface area contributed by atoms with Crippen LogP contribution in [0.3, 0.4) is 0 Å². The average molecular weight is 394 g/mol. The lowest BCUT2D eigenvalue weighted by molar-refractivity contribution is -0.159. The fourth-order valence-electron chi connectivity index (χ4n) is 4.05. The molecule has 1 aromatic rings. The molecule has 8 nitrogen and oxygen atoms in total. The number of nitrogens with one attached hydrogen (secondary N) is 1. The van der Waals surface area contributed by atoms with Gasteiger partial charge >= 0.3 is 11.9 Å². The normalized spacial score (nSPS) is 23.2. The third-order valence-corrected chi connectivity index (χ3v) is 5.15. The van der Waals surface area contributed by atoms with Gasteiger partial charge in [-0.25, -0.2) is 9.59 Å². The first-order valence-electron chi connectivity index (χ1n) is 9.46. The molecule has 1 aliphatic heterocycles. The number of aliphatic carboxylic acids is 2. The molecule has 1 saturated carbocycles. The number of hydrogen-bond acceptors (Lipinski definition) is 6. The van der Waals surface area contributed by atoms with Crippen molar-refractivity contribution in [3.8, 4) is 5.75 Å². The molecule has 0 bridgehead atoms. The first kappa shape index (κ1) is 22.0. The van der Waals surface area contributed by atoms with Crippen LogP contribution in [0.15, 0.2) is 18.2 Å². The zero-order valence-electron chi connectivity index (χ0n) is 16.6. The lowest BCUT2D eigenvalue weighted by Crippen LogP contribution is -2.67. The van der Waals surface area contributed by atoms with Crippen LogP contribution in [-0.2, 0) is 20.9 Å². The third kappa shape index (κ3) is 5.59. The number of phenolic OH excluding ortho intramolecular Hbond substituents is 1. The van der Waals surface area contributed by atoms with Crippen LogP contribution in [0.25, 0.3) is 0 Å². The van der Waals surface area contributed by atoms with Crippen molar-refractivity contribution in [1.82, 2.24) is 5.32 Å². The van der Waals surface area contributed by atoms with Crippen LogP contribution in [0.1, 0.15) is 45.1 Å². The maximum absolute atomic E-state index is 9.99. The number of phenols is 1. The van der Waals surface area contributed by atoms with Gasteiger partial charge in [0.25, 0.3) is 0 Å². The molecular weight excluding hydrogens is 364 g/mol. The minimum Gasteiger partial charge on any atom is -0.508 e. The van der Waals surface area contributed by atoms with E-state index >= 15 is 0 Å². The SMILES string of the molecule is COCc1cc(N2CC(C)(C)N[C@H]3CCCC[C@@H]32)ccc1O.O=C(O)C(=O)O. The predicted molar refractivity (Wildman–Crippen MR) is 105 cm³/mol. The number of benzene rings is 1. The van der Waals surface area contributed by atoms with Gasteiger partial charge in [0.1, 0.15) is 5.75 Å². The standard InChI is InChI=1S/C18H28N2O2.C2H2O4/c1-18(2)12-20(16-7-5-4-6-15(16)19-18)14-8-9-17(21)13(10-14)11-22-3;3-1(4)2(5)6/h8-10,15-16,19,21H,4-7,11-12H2,1-3H3;(H,3,4)(H,5,6)/t15-,16-;/m0./s1. The first-order valence-corrected chi connectivity index (χ1v) is 9.46. The number of piperazine rings is 1. The Hall–Kier alpha value is -2.32. The lowest BCUT2D eigenvalue weighted by Gasteiger charge is -2.52. The van der Waals surface area contributed by atoms with E-state index in [0.717, 1.165) is 12.1 Å². The molecule has 1 saturated heterocycles. The highest BCUT2D eigenvalue weighted by molar-refractivity contribution is 6.27. The molecule has 3 rings (SSSR count). The second kappa shape index (κ2) is 9.25. The van der Waals surface area contributed by atoms with E-state index in [2.05, 4.69) is 30.1 Å². The van der Waals surface area contributed by atoms with Gasteiger partial charge in [-0.1, -0.05) is 12.8 Å². The summed E-state index contributed by atoms with van der Waals surface area (Å²) in [6.07, 6.45) is 5.13. The van der Waals surface area contributed by atoms with E-state index in [1.54, 1.807) is 13.2 Å². The van der Waals surface area contributed by atoms with Crippen molar-refractivity contribution >= 4 is 17.6 Å². The molecular formula is C20H30N2O6. The summed E-state index contributed by atoms with van der Waals surface area (Å²) in [6.45, 7) is 6.00. The van der Waals surface area contributed by atoms with Gasteiger partial charge < -0.3 is 30.3 Å². The molecule has 0 aromatic heterocycles. The van der Waals surface area contributed by atoms with E-state index in [-0.39, 0.29) is 5.54 Å². The fraction of sp³-hybridized carbons (Fsp3) is 0.600. The molecule has 0 unspecified atom stereocenters. The van der Waals surface area contributed by atoms with Crippen LogP contribution in [0, 0.1) is 0 Å². The summed E-state index contributed by atoms with van der Waals surface area (Å²) in [5.74, 6) is -3.33. The van der Waals surface area contributed by atoms with Gasteiger partial charge in [0.15, 0.2) is 0 Å². The number of carboxylic acids is 2. The fourth-order valence-corrected chi connectivity index (χ4v) is 4.05. The van der Waals surface area contributed by atoms with Crippen molar-refractivity contribution < 1.29 is 29.6 Å².